The molecule has 2 aliphatic rings. The molecule has 0 radical (unpaired) electrons. The van der Waals surface area contributed by atoms with E-state index >= 15 is 0 Å². The second-order valence-corrected chi connectivity index (χ2v) is 6.14. The first-order chi connectivity index (χ1) is 11.3. The molecule has 2 aromatic rings. The van der Waals surface area contributed by atoms with Gasteiger partial charge in [-0.25, -0.2) is 9.97 Å². The van der Waals surface area contributed by atoms with Crippen LogP contribution in [0.15, 0.2) is 30.5 Å². The molecular formula is C18H21N3O2. The van der Waals surface area contributed by atoms with Crippen molar-refractivity contribution >= 4 is 0 Å². The van der Waals surface area contributed by atoms with Gasteiger partial charge in [0, 0.05) is 12.7 Å². The number of benzene rings is 1. The Kier molecular flexibility index (Phi) is 3.87. The summed E-state index contributed by atoms with van der Waals surface area (Å²) in [5.41, 5.74) is 2.39. The summed E-state index contributed by atoms with van der Waals surface area (Å²) >= 11 is 0. The molecule has 23 heavy (non-hydrogen) atoms. The van der Waals surface area contributed by atoms with Crippen molar-refractivity contribution in [3.05, 3.63) is 47.5 Å². The molecule has 120 valence electrons. The van der Waals surface area contributed by atoms with Crippen LogP contribution in [0, 0.1) is 6.92 Å². The quantitative estimate of drug-likeness (QED) is 0.872. The molecule has 1 aromatic carbocycles. The number of aryl methyl sites for hydroxylation is 1. The van der Waals surface area contributed by atoms with E-state index in [1.807, 2.05) is 25.3 Å². The third-order valence-corrected chi connectivity index (χ3v) is 4.49. The van der Waals surface area contributed by atoms with Gasteiger partial charge in [0.25, 0.3) is 0 Å². The van der Waals surface area contributed by atoms with Gasteiger partial charge in [-0.15, -0.1) is 0 Å². The number of ether oxygens (including phenoxy) is 2. The molecule has 0 bridgehead atoms. The normalized spacial score (nSPS) is 20.7. The predicted octanol–water partition coefficient (Wildman–Crippen LogP) is 2.89. The second kappa shape index (κ2) is 6.16. The Morgan fingerprint density at radius 2 is 2.04 bits per heavy atom. The molecule has 1 fully saturated rings. The largest absolute Gasteiger partial charge is 0.486 e. The van der Waals surface area contributed by atoms with Crippen molar-refractivity contribution in [1.82, 2.24) is 14.9 Å². The fourth-order valence-electron chi connectivity index (χ4n) is 3.43. The molecule has 1 saturated heterocycles. The summed E-state index contributed by atoms with van der Waals surface area (Å²) in [5.74, 6) is 2.56. The number of hydrogen-bond acceptors (Lipinski definition) is 5. The Morgan fingerprint density at radius 3 is 2.91 bits per heavy atom. The van der Waals surface area contributed by atoms with Crippen molar-refractivity contribution in [2.75, 3.05) is 19.8 Å². The number of aromatic nitrogens is 2. The fraction of sp³-hybridized carbons (Fsp3) is 0.444. The summed E-state index contributed by atoms with van der Waals surface area (Å²) in [5, 5.41) is 0. The van der Waals surface area contributed by atoms with E-state index in [4.69, 9.17) is 9.47 Å². The first kappa shape index (κ1) is 14.5. The minimum atomic E-state index is 0.380. The van der Waals surface area contributed by atoms with Gasteiger partial charge in [-0.05, 0) is 50.1 Å². The summed E-state index contributed by atoms with van der Waals surface area (Å²) in [6.07, 6.45) is 4.22. The Balaban J connectivity index is 1.53. The van der Waals surface area contributed by atoms with Gasteiger partial charge in [-0.3, -0.25) is 4.90 Å². The van der Waals surface area contributed by atoms with Gasteiger partial charge < -0.3 is 9.47 Å². The number of fused-ring (bicyclic) bond motifs is 1. The highest BCUT2D eigenvalue weighted by molar-refractivity contribution is 5.43. The molecule has 0 unspecified atom stereocenters. The van der Waals surface area contributed by atoms with Crippen LogP contribution in [0.4, 0.5) is 0 Å². The zero-order chi connectivity index (χ0) is 15.6. The monoisotopic (exact) mass is 311 g/mol. The Morgan fingerprint density at radius 1 is 1.17 bits per heavy atom. The summed E-state index contributed by atoms with van der Waals surface area (Å²) in [6, 6.07) is 8.68. The molecular weight excluding hydrogens is 290 g/mol. The van der Waals surface area contributed by atoms with Gasteiger partial charge in [-0.2, -0.15) is 0 Å². The molecule has 0 spiro atoms. The lowest BCUT2D eigenvalue weighted by Crippen LogP contribution is -2.24. The second-order valence-electron chi connectivity index (χ2n) is 6.14. The number of likely N-dealkylation sites (tertiary alicyclic amines) is 1. The standard InChI is InChI=1S/C18H21N3O2/c1-13-19-7-6-15(20-13)16-3-2-8-21(16)12-14-4-5-17-18(11-14)23-10-9-22-17/h4-7,11,16H,2-3,8-10,12H2,1H3/t16-/m0/s1. The van der Waals surface area contributed by atoms with Crippen LogP contribution in [0.2, 0.25) is 0 Å². The lowest BCUT2D eigenvalue weighted by atomic mass is 10.1. The van der Waals surface area contributed by atoms with Crippen molar-refractivity contribution in [2.24, 2.45) is 0 Å². The maximum absolute atomic E-state index is 5.69. The maximum atomic E-state index is 5.69. The molecule has 1 aromatic heterocycles. The van der Waals surface area contributed by atoms with E-state index in [1.165, 1.54) is 12.0 Å². The molecule has 0 aliphatic carbocycles. The minimum absolute atomic E-state index is 0.380. The van der Waals surface area contributed by atoms with Gasteiger partial charge in [0.15, 0.2) is 11.5 Å². The predicted molar refractivity (Wildman–Crippen MR) is 86.6 cm³/mol. The van der Waals surface area contributed by atoms with E-state index in [2.05, 4.69) is 27.0 Å². The van der Waals surface area contributed by atoms with Crippen molar-refractivity contribution in [3.63, 3.8) is 0 Å². The molecule has 2 aliphatic heterocycles. The topological polar surface area (TPSA) is 47.5 Å². The molecule has 0 N–H and O–H groups in total. The van der Waals surface area contributed by atoms with Crippen LogP contribution in [0.5, 0.6) is 11.5 Å². The average molecular weight is 311 g/mol. The molecule has 5 nitrogen and oxygen atoms in total. The Labute approximate surface area is 136 Å². The third-order valence-electron chi connectivity index (χ3n) is 4.49. The Bertz CT molecular complexity index is 704. The van der Waals surface area contributed by atoms with Crippen molar-refractivity contribution in [3.8, 4) is 11.5 Å². The zero-order valence-corrected chi connectivity index (χ0v) is 13.4. The number of nitrogens with zero attached hydrogens (tertiary/aromatic N) is 3. The van der Waals surface area contributed by atoms with Crippen molar-refractivity contribution in [1.29, 1.82) is 0 Å². The van der Waals surface area contributed by atoms with Gasteiger partial charge in [0.2, 0.25) is 0 Å². The van der Waals surface area contributed by atoms with E-state index in [0.717, 1.165) is 42.5 Å². The smallest absolute Gasteiger partial charge is 0.161 e. The minimum Gasteiger partial charge on any atom is -0.486 e. The van der Waals surface area contributed by atoms with E-state index < -0.39 is 0 Å². The zero-order valence-electron chi connectivity index (χ0n) is 13.4. The van der Waals surface area contributed by atoms with Crippen LogP contribution in [0.3, 0.4) is 0 Å². The first-order valence-electron chi connectivity index (χ1n) is 8.22. The van der Waals surface area contributed by atoms with E-state index in [0.29, 0.717) is 19.3 Å². The maximum Gasteiger partial charge on any atom is 0.161 e. The number of rotatable bonds is 3. The van der Waals surface area contributed by atoms with Crippen LogP contribution < -0.4 is 9.47 Å². The van der Waals surface area contributed by atoms with Gasteiger partial charge in [0.1, 0.15) is 19.0 Å². The van der Waals surface area contributed by atoms with Crippen LogP contribution in [-0.4, -0.2) is 34.6 Å². The summed E-state index contributed by atoms with van der Waals surface area (Å²) in [7, 11) is 0. The lowest BCUT2D eigenvalue weighted by molar-refractivity contribution is 0.171. The molecule has 5 heteroatoms. The fourth-order valence-corrected chi connectivity index (χ4v) is 3.43. The highest BCUT2D eigenvalue weighted by Crippen LogP contribution is 2.35. The first-order valence-corrected chi connectivity index (χ1v) is 8.22. The molecule has 0 amide bonds. The van der Waals surface area contributed by atoms with Crippen LogP contribution in [0.25, 0.3) is 0 Å². The summed E-state index contributed by atoms with van der Waals surface area (Å²) in [4.78, 5) is 11.3. The molecule has 0 saturated carbocycles. The van der Waals surface area contributed by atoms with Crippen LogP contribution in [0.1, 0.15) is 36.0 Å². The van der Waals surface area contributed by atoms with Crippen LogP contribution in [-0.2, 0) is 6.54 Å². The van der Waals surface area contributed by atoms with Gasteiger partial charge in [0.05, 0.1) is 11.7 Å². The number of hydrogen-bond donors (Lipinski definition) is 0. The lowest BCUT2D eigenvalue weighted by Gasteiger charge is -2.25. The average Bonchev–Trinajstić information content (AvgIpc) is 3.03. The van der Waals surface area contributed by atoms with E-state index in [9.17, 15) is 0 Å². The SMILES string of the molecule is Cc1nccc([C@@H]2CCCN2Cc2ccc3c(c2)OCCO3)n1. The van der Waals surface area contributed by atoms with Gasteiger partial charge >= 0.3 is 0 Å². The molecule has 4 rings (SSSR count). The molecule has 1 atom stereocenters. The van der Waals surface area contributed by atoms with Gasteiger partial charge in [-0.1, -0.05) is 6.07 Å². The summed E-state index contributed by atoms with van der Waals surface area (Å²) in [6.45, 7) is 5.22. The highest BCUT2D eigenvalue weighted by Gasteiger charge is 2.27. The van der Waals surface area contributed by atoms with Crippen molar-refractivity contribution in [2.45, 2.75) is 32.4 Å². The van der Waals surface area contributed by atoms with E-state index in [1.54, 1.807) is 0 Å². The van der Waals surface area contributed by atoms with Crippen LogP contribution >= 0.6 is 0 Å². The highest BCUT2D eigenvalue weighted by atomic mass is 16.6. The molecule has 3 heterocycles. The summed E-state index contributed by atoms with van der Waals surface area (Å²) < 4.78 is 11.3. The Hall–Kier alpha value is -2.14. The van der Waals surface area contributed by atoms with E-state index in [-0.39, 0.29) is 0 Å². The van der Waals surface area contributed by atoms with Crippen molar-refractivity contribution < 1.29 is 9.47 Å². The third kappa shape index (κ3) is 3.01.